The van der Waals surface area contributed by atoms with Crippen molar-refractivity contribution in [3.05, 3.63) is 12.7 Å². The van der Waals surface area contributed by atoms with Gasteiger partial charge in [0.2, 0.25) is 0 Å². The molecule has 0 rings (SSSR count). The zero-order chi connectivity index (χ0) is 3.41. The second-order valence-corrected chi connectivity index (χ2v) is 0.322. The first-order chi connectivity index (χ1) is 1.91. The maximum absolute atomic E-state index is 8.93. The summed E-state index contributed by atoms with van der Waals surface area (Å²) in [5, 5.41) is 0. The molecular formula is C3H3AlOZn2-. The number of rotatable bonds is 1. The standard InChI is InChI=1S/C3H3O.Al.2Zn/c1-2-3-4;;;/h2H,1H2;;;/q-1;;;. The first-order valence-electron chi connectivity index (χ1n) is 0.901. The minimum absolute atomic E-state index is 0. The van der Waals surface area contributed by atoms with Crippen molar-refractivity contribution in [2.45, 2.75) is 0 Å². The number of hydrogen-bond donors (Lipinski definition) is 0. The van der Waals surface area contributed by atoms with E-state index < -0.39 is 0 Å². The van der Waals surface area contributed by atoms with E-state index in [-0.39, 0.29) is 56.3 Å². The first-order valence-corrected chi connectivity index (χ1v) is 0.901. The Morgan fingerprint density at radius 1 is 1.43 bits per heavy atom. The van der Waals surface area contributed by atoms with Crippen LogP contribution in [0.5, 0.6) is 0 Å². The normalized spacial score (nSPS) is 2.86. The Balaban J connectivity index is -0.0000000150. The second kappa shape index (κ2) is 27.1. The Bertz CT molecular complexity index is 33.9. The van der Waals surface area contributed by atoms with Gasteiger partial charge in [0.25, 0.3) is 0 Å². The van der Waals surface area contributed by atoms with Crippen LogP contribution in [0.3, 0.4) is 0 Å². The van der Waals surface area contributed by atoms with Crippen LogP contribution in [0.25, 0.3) is 0 Å². The Morgan fingerprint density at radius 3 is 1.57 bits per heavy atom. The van der Waals surface area contributed by atoms with Gasteiger partial charge in [0, 0.05) is 56.3 Å². The van der Waals surface area contributed by atoms with E-state index in [1.807, 2.05) is 0 Å². The summed E-state index contributed by atoms with van der Waals surface area (Å²) in [6.45, 7) is 3.06. The molecule has 29 valence electrons. The van der Waals surface area contributed by atoms with Crippen molar-refractivity contribution >= 4 is 23.6 Å². The van der Waals surface area contributed by atoms with Gasteiger partial charge in [-0.05, 0) is 6.29 Å². The zero-order valence-electron chi connectivity index (χ0n) is 4.18. The molecule has 0 aliphatic rings. The van der Waals surface area contributed by atoms with Crippen LogP contribution in [0.4, 0.5) is 0 Å². The third-order valence-electron chi connectivity index (χ3n) is 0.0833. The summed E-state index contributed by atoms with van der Waals surface area (Å²) in [4.78, 5) is 8.93. The maximum Gasteiger partial charge on any atom is 0 e. The fraction of sp³-hybridized carbons (Fsp3) is 0. The van der Waals surface area contributed by atoms with Crippen LogP contribution < -0.4 is 0 Å². The van der Waals surface area contributed by atoms with Crippen LogP contribution in [-0.4, -0.2) is 23.6 Å². The van der Waals surface area contributed by atoms with Crippen molar-refractivity contribution in [2.24, 2.45) is 0 Å². The molecule has 0 aromatic rings. The second-order valence-electron chi connectivity index (χ2n) is 0.322. The molecule has 1 nitrogen and oxygen atoms in total. The average Bonchev–Trinajstić information content (AvgIpc) is 1.37. The average molecular weight is 213 g/mol. The molecule has 0 aliphatic heterocycles. The van der Waals surface area contributed by atoms with Crippen molar-refractivity contribution in [3.63, 3.8) is 0 Å². The summed E-state index contributed by atoms with van der Waals surface area (Å²) in [5.41, 5.74) is 0. The summed E-state index contributed by atoms with van der Waals surface area (Å²) >= 11 is 0. The minimum atomic E-state index is 0. The van der Waals surface area contributed by atoms with Gasteiger partial charge in [-0.2, -0.15) is 0 Å². The van der Waals surface area contributed by atoms with E-state index >= 15 is 0 Å². The van der Waals surface area contributed by atoms with Crippen LogP contribution in [0.15, 0.2) is 12.7 Å². The van der Waals surface area contributed by atoms with E-state index in [4.69, 9.17) is 4.79 Å². The molecule has 3 radical (unpaired) electrons. The maximum atomic E-state index is 8.93. The van der Waals surface area contributed by atoms with Gasteiger partial charge in [0.1, 0.15) is 0 Å². The predicted molar refractivity (Wildman–Crippen MR) is 21.6 cm³/mol. The van der Waals surface area contributed by atoms with Crippen molar-refractivity contribution < 1.29 is 43.8 Å². The molecule has 0 amide bonds. The quantitative estimate of drug-likeness (QED) is 0.337. The van der Waals surface area contributed by atoms with E-state index in [9.17, 15) is 0 Å². The summed E-state index contributed by atoms with van der Waals surface area (Å²) in [6.07, 6.45) is 2.51. The number of allylic oxidation sites excluding steroid dienone is 1. The molecule has 0 aromatic carbocycles. The Hall–Kier alpha value is 1.19. The smallest absolute Gasteiger partial charge is 0 e. The molecule has 0 atom stereocenters. The molecule has 7 heavy (non-hydrogen) atoms. The molecule has 0 saturated heterocycles. The van der Waals surface area contributed by atoms with Gasteiger partial charge in [-0.15, -0.1) is 0 Å². The van der Waals surface area contributed by atoms with Crippen molar-refractivity contribution in [2.75, 3.05) is 0 Å². The van der Waals surface area contributed by atoms with Crippen molar-refractivity contribution in [1.82, 2.24) is 0 Å². The molecule has 4 heteroatoms. The van der Waals surface area contributed by atoms with E-state index in [1.165, 1.54) is 6.29 Å². The summed E-state index contributed by atoms with van der Waals surface area (Å²) in [7, 11) is 0. The topological polar surface area (TPSA) is 17.1 Å². The summed E-state index contributed by atoms with van der Waals surface area (Å²) in [5.74, 6) is 0. The SMILES string of the molecule is C=C[C-]=O.[Al].[Zn].[Zn]. The Labute approximate surface area is 79.6 Å². The zero-order valence-corrected chi connectivity index (χ0v) is 11.3. The van der Waals surface area contributed by atoms with Gasteiger partial charge in [-0.3, -0.25) is 0 Å². The molecule has 0 bridgehead atoms. The van der Waals surface area contributed by atoms with Gasteiger partial charge in [0.05, 0.1) is 0 Å². The molecule has 0 N–H and O–H groups in total. The fourth-order valence-corrected chi connectivity index (χ4v) is 0. The molecule has 0 aromatic heterocycles. The van der Waals surface area contributed by atoms with Gasteiger partial charge >= 0.3 is 0 Å². The van der Waals surface area contributed by atoms with Gasteiger partial charge < -0.3 is 4.79 Å². The summed E-state index contributed by atoms with van der Waals surface area (Å²) in [6, 6.07) is 0. The van der Waals surface area contributed by atoms with Crippen LogP contribution in [0, 0.1) is 0 Å². The molecule has 0 fully saturated rings. The third-order valence-corrected chi connectivity index (χ3v) is 0.0833. The molecule has 0 spiro atoms. The van der Waals surface area contributed by atoms with Crippen LogP contribution >= 0.6 is 0 Å². The number of carbonyl (C=O) groups excluding carboxylic acids is 1. The van der Waals surface area contributed by atoms with Crippen molar-refractivity contribution in [1.29, 1.82) is 0 Å². The van der Waals surface area contributed by atoms with Crippen LogP contribution in [0.1, 0.15) is 0 Å². The first kappa shape index (κ1) is 24.1. The predicted octanol–water partition coefficient (Wildman–Crippen LogP) is -0.104. The third kappa shape index (κ3) is 40.4. The van der Waals surface area contributed by atoms with Crippen molar-refractivity contribution in [3.8, 4) is 0 Å². The molecule has 0 heterocycles. The molecule has 0 unspecified atom stereocenters. The minimum Gasteiger partial charge on any atom is -0.419 e. The summed E-state index contributed by atoms with van der Waals surface area (Å²) < 4.78 is 0. The van der Waals surface area contributed by atoms with E-state index in [2.05, 4.69) is 6.58 Å². The largest absolute Gasteiger partial charge is 0.419 e. The van der Waals surface area contributed by atoms with E-state index in [0.717, 1.165) is 6.08 Å². The molecule has 0 aliphatic carbocycles. The van der Waals surface area contributed by atoms with Gasteiger partial charge in [-0.1, -0.05) is 0 Å². The van der Waals surface area contributed by atoms with Crippen LogP contribution in [0.2, 0.25) is 0 Å². The molecular weight excluding hydrogens is 210 g/mol. The number of hydrogen-bond acceptors (Lipinski definition) is 1. The molecule has 0 saturated carbocycles. The monoisotopic (exact) mass is 210 g/mol. The van der Waals surface area contributed by atoms with Gasteiger partial charge in [0.15, 0.2) is 0 Å². The van der Waals surface area contributed by atoms with E-state index in [0.29, 0.717) is 0 Å². The van der Waals surface area contributed by atoms with Gasteiger partial charge in [-0.25, -0.2) is 12.7 Å². The Morgan fingerprint density at radius 2 is 1.57 bits per heavy atom. The van der Waals surface area contributed by atoms with Crippen LogP contribution in [-0.2, 0) is 43.8 Å². The fourth-order valence-electron chi connectivity index (χ4n) is 0. The van der Waals surface area contributed by atoms with E-state index in [1.54, 1.807) is 0 Å². The Kier molecular flexibility index (Phi) is 93.3.